The van der Waals surface area contributed by atoms with E-state index in [4.69, 9.17) is 0 Å². The Bertz CT molecular complexity index is 642. The van der Waals surface area contributed by atoms with E-state index in [1.54, 1.807) is 32.1 Å². The van der Waals surface area contributed by atoms with E-state index in [9.17, 15) is 18.0 Å². The molecule has 132 valence electrons. The van der Waals surface area contributed by atoms with Crippen molar-refractivity contribution in [3.05, 3.63) is 47.8 Å². The molecular weight excluding hydrogens is 338 g/mol. The van der Waals surface area contributed by atoms with Crippen LogP contribution in [0, 0.1) is 0 Å². The van der Waals surface area contributed by atoms with E-state index in [1.807, 2.05) is 0 Å². The van der Waals surface area contributed by atoms with Crippen LogP contribution in [0.15, 0.2) is 36.6 Å². The van der Waals surface area contributed by atoms with E-state index >= 15 is 0 Å². The first-order chi connectivity index (χ1) is 11.1. The molecule has 4 nitrogen and oxygen atoms in total. The van der Waals surface area contributed by atoms with Crippen LogP contribution in [-0.2, 0) is 0 Å². The SMILES string of the molecule is C=C(/C=C(/c1ccnc(C(=O)N(C)C)c1)N(C)CCP)C(F)(F)F. The molecule has 0 saturated heterocycles. The summed E-state index contributed by atoms with van der Waals surface area (Å²) >= 11 is 0. The summed E-state index contributed by atoms with van der Waals surface area (Å²) in [5, 5.41) is 0. The Labute approximate surface area is 142 Å². The third-order valence-corrected chi connectivity index (χ3v) is 3.49. The van der Waals surface area contributed by atoms with Crippen molar-refractivity contribution in [1.82, 2.24) is 14.8 Å². The van der Waals surface area contributed by atoms with Crippen molar-refractivity contribution in [2.45, 2.75) is 6.18 Å². The number of aromatic nitrogens is 1. The third kappa shape index (κ3) is 5.34. The molecule has 0 fully saturated rings. The minimum atomic E-state index is -4.51. The lowest BCUT2D eigenvalue weighted by Crippen LogP contribution is -2.24. The Morgan fingerprint density at radius 1 is 1.38 bits per heavy atom. The molecule has 1 amide bonds. The number of alkyl halides is 3. The van der Waals surface area contributed by atoms with E-state index in [-0.39, 0.29) is 11.6 Å². The van der Waals surface area contributed by atoms with Gasteiger partial charge in [-0.25, -0.2) is 0 Å². The van der Waals surface area contributed by atoms with Crippen LogP contribution < -0.4 is 0 Å². The van der Waals surface area contributed by atoms with Crippen molar-refractivity contribution < 1.29 is 18.0 Å². The van der Waals surface area contributed by atoms with E-state index in [0.717, 1.165) is 6.08 Å². The summed E-state index contributed by atoms with van der Waals surface area (Å²) in [7, 11) is 7.38. The van der Waals surface area contributed by atoms with Gasteiger partial charge in [-0.15, -0.1) is 9.24 Å². The van der Waals surface area contributed by atoms with Gasteiger partial charge >= 0.3 is 6.18 Å². The van der Waals surface area contributed by atoms with Crippen molar-refractivity contribution in [1.29, 1.82) is 0 Å². The van der Waals surface area contributed by atoms with Crippen molar-refractivity contribution >= 4 is 20.8 Å². The fraction of sp³-hybridized carbons (Fsp3) is 0.375. The predicted octanol–water partition coefficient (Wildman–Crippen LogP) is 3.05. The average molecular weight is 359 g/mol. The van der Waals surface area contributed by atoms with Gasteiger partial charge in [-0.1, -0.05) is 6.58 Å². The van der Waals surface area contributed by atoms with Crippen LogP contribution in [0.1, 0.15) is 16.1 Å². The van der Waals surface area contributed by atoms with Crippen molar-refractivity contribution in [3.8, 4) is 0 Å². The second-order valence-corrected chi connectivity index (χ2v) is 5.97. The molecule has 1 aromatic heterocycles. The topological polar surface area (TPSA) is 36.4 Å². The number of pyridine rings is 1. The molecule has 1 rings (SSSR count). The quantitative estimate of drug-likeness (QED) is 0.579. The van der Waals surface area contributed by atoms with Gasteiger partial charge in [-0.3, -0.25) is 9.78 Å². The highest BCUT2D eigenvalue weighted by Gasteiger charge is 2.31. The molecule has 1 heterocycles. The number of carbonyl (C=O) groups is 1. The Balaban J connectivity index is 3.35. The largest absolute Gasteiger partial charge is 0.415 e. The lowest BCUT2D eigenvalue weighted by molar-refractivity contribution is -0.0878. The third-order valence-electron chi connectivity index (χ3n) is 3.23. The molecule has 1 unspecified atom stereocenters. The Morgan fingerprint density at radius 2 is 2.00 bits per heavy atom. The molecule has 1 atom stereocenters. The standard InChI is InChI=1S/C16H21F3N3OP/c1-11(16(17,18)19)9-14(22(4)7-8-24)12-5-6-20-13(10-12)15(23)21(2)3/h5-6,9-10H,1,7-8,24H2,2-4H3/b14-9-. The molecule has 0 bridgehead atoms. The molecule has 0 saturated carbocycles. The molecule has 0 aliphatic rings. The minimum Gasteiger partial charge on any atom is -0.374 e. The van der Waals surface area contributed by atoms with Crippen molar-refractivity contribution in [2.24, 2.45) is 0 Å². The van der Waals surface area contributed by atoms with Gasteiger partial charge < -0.3 is 9.80 Å². The first-order valence-electron chi connectivity index (χ1n) is 7.15. The van der Waals surface area contributed by atoms with Crippen molar-refractivity contribution in [3.63, 3.8) is 0 Å². The maximum Gasteiger partial charge on any atom is 0.415 e. The lowest BCUT2D eigenvalue weighted by atomic mass is 10.1. The van der Waals surface area contributed by atoms with Crippen LogP contribution in [0.3, 0.4) is 0 Å². The summed E-state index contributed by atoms with van der Waals surface area (Å²) in [6.45, 7) is 3.62. The van der Waals surface area contributed by atoms with Crippen LogP contribution in [-0.4, -0.2) is 60.7 Å². The highest BCUT2D eigenvalue weighted by Crippen LogP contribution is 2.29. The number of rotatable bonds is 6. The molecule has 0 radical (unpaired) electrons. The zero-order valence-corrected chi connectivity index (χ0v) is 15.0. The molecule has 8 heteroatoms. The van der Waals surface area contributed by atoms with Crippen LogP contribution in [0.25, 0.3) is 5.70 Å². The lowest BCUT2D eigenvalue weighted by Gasteiger charge is -2.23. The highest BCUT2D eigenvalue weighted by molar-refractivity contribution is 7.16. The van der Waals surface area contributed by atoms with Gasteiger partial charge in [-0.05, 0) is 24.4 Å². The summed E-state index contributed by atoms with van der Waals surface area (Å²) in [4.78, 5) is 19.1. The predicted molar refractivity (Wildman–Crippen MR) is 92.6 cm³/mol. The van der Waals surface area contributed by atoms with Crippen LogP contribution in [0.2, 0.25) is 0 Å². The number of halogens is 3. The first-order valence-corrected chi connectivity index (χ1v) is 7.96. The van der Waals surface area contributed by atoms with E-state index in [0.29, 0.717) is 24.0 Å². The zero-order chi connectivity index (χ0) is 18.5. The van der Waals surface area contributed by atoms with Gasteiger partial charge in [0.05, 0.1) is 5.57 Å². The maximum atomic E-state index is 12.8. The average Bonchev–Trinajstić information content (AvgIpc) is 2.50. The summed E-state index contributed by atoms with van der Waals surface area (Å²) in [5.74, 6) is -0.320. The number of hydrogen-bond donors (Lipinski definition) is 0. The maximum absolute atomic E-state index is 12.8. The van der Waals surface area contributed by atoms with Gasteiger partial charge in [0.2, 0.25) is 0 Å². The Morgan fingerprint density at radius 3 is 2.50 bits per heavy atom. The van der Waals surface area contributed by atoms with E-state index in [2.05, 4.69) is 20.8 Å². The molecule has 0 aliphatic carbocycles. The summed E-state index contributed by atoms with van der Waals surface area (Å²) in [5.41, 5.74) is 0.0160. The number of amides is 1. The fourth-order valence-corrected chi connectivity index (χ4v) is 2.30. The van der Waals surface area contributed by atoms with Crippen LogP contribution in [0.4, 0.5) is 13.2 Å². The van der Waals surface area contributed by atoms with Crippen molar-refractivity contribution in [2.75, 3.05) is 33.8 Å². The molecule has 1 aromatic rings. The fourth-order valence-electron chi connectivity index (χ4n) is 1.91. The monoisotopic (exact) mass is 359 g/mol. The van der Waals surface area contributed by atoms with Gasteiger partial charge in [0.25, 0.3) is 5.91 Å². The van der Waals surface area contributed by atoms with Crippen LogP contribution in [0.5, 0.6) is 0 Å². The van der Waals surface area contributed by atoms with Crippen LogP contribution >= 0.6 is 9.24 Å². The Kier molecular flexibility index (Phi) is 6.96. The molecular formula is C16H21F3N3OP. The molecule has 0 aromatic carbocycles. The number of hydrogen-bond acceptors (Lipinski definition) is 3. The number of carbonyl (C=O) groups excluding carboxylic acids is 1. The second kappa shape index (κ2) is 8.29. The van der Waals surface area contributed by atoms with Gasteiger partial charge in [0.1, 0.15) is 5.69 Å². The second-order valence-electron chi connectivity index (χ2n) is 5.39. The van der Waals surface area contributed by atoms with Gasteiger partial charge in [-0.2, -0.15) is 13.2 Å². The number of nitrogens with zero attached hydrogens (tertiary/aromatic N) is 3. The number of allylic oxidation sites excluding steroid dienone is 2. The zero-order valence-electron chi connectivity index (χ0n) is 13.9. The summed E-state index contributed by atoms with van der Waals surface area (Å²) < 4.78 is 38.5. The van der Waals surface area contributed by atoms with E-state index < -0.39 is 11.7 Å². The molecule has 24 heavy (non-hydrogen) atoms. The molecule has 0 N–H and O–H groups in total. The first kappa shape index (κ1) is 20.2. The van der Waals surface area contributed by atoms with E-state index in [1.165, 1.54) is 17.2 Å². The summed E-state index contributed by atoms with van der Waals surface area (Å²) in [6.07, 6.45) is -1.44. The minimum absolute atomic E-state index is 0.167. The summed E-state index contributed by atoms with van der Waals surface area (Å²) in [6, 6.07) is 3.05. The van der Waals surface area contributed by atoms with Gasteiger partial charge in [0.15, 0.2) is 0 Å². The molecule has 0 spiro atoms. The molecule has 0 aliphatic heterocycles. The normalized spacial score (nSPS) is 12.0. The van der Waals surface area contributed by atoms with Gasteiger partial charge in [0, 0.05) is 45.1 Å². The highest BCUT2D eigenvalue weighted by atomic mass is 31.0. The Hall–Kier alpha value is -1.88. The smallest absolute Gasteiger partial charge is 0.374 e.